The highest BCUT2D eigenvalue weighted by molar-refractivity contribution is 4.73. The number of hydrogen-bond acceptors (Lipinski definition) is 3. The first-order valence-electron chi connectivity index (χ1n) is 4.31. The minimum absolute atomic E-state index is 0.0671. The third-order valence-electron chi connectivity index (χ3n) is 2.06. The average molecular weight is 169 g/mol. The maximum atomic E-state index is 9.60. The molecule has 1 aromatic rings. The number of hydrogen-bond donors (Lipinski definition) is 1. The number of nitrogens with zero attached hydrogens (tertiary/aromatic N) is 3. The molecular formula is C8H15N3O. The van der Waals surface area contributed by atoms with Gasteiger partial charge in [0.1, 0.15) is 12.7 Å². The van der Waals surface area contributed by atoms with Gasteiger partial charge in [-0.3, -0.25) is 0 Å². The summed E-state index contributed by atoms with van der Waals surface area (Å²) in [5.41, 5.74) is 0. The summed E-state index contributed by atoms with van der Waals surface area (Å²) in [4.78, 5) is 3.85. The van der Waals surface area contributed by atoms with Crippen LogP contribution >= 0.6 is 0 Å². The molecule has 68 valence electrons. The molecule has 12 heavy (non-hydrogen) atoms. The second kappa shape index (κ2) is 4.21. The van der Waals surface area contributed by atoms with Crippen molar-refractivity contribution in [2.24, 2.45) is 0 Å². The Labute approximate surface area is 72.2 Å². The molecule has 2 atom stereocenters. The van der Waals surface area contributed by atoms with E-state index in [-0.39, 0.29) is 12.1 Å². The van der Waals surface area contributed by atoms with Gasteiger partial charge in [0.2, 0.25) is 0 Å². The van der Waals surface area contributed by atoms with Gasteiger partial charge in [0.15, 0.2) is 0 Å². The fourth-order valence-corrected chi connectivity index (χ4v) is 1.30. The predicted molar refractivity (Wildman–Crippen MR) is 45.6 cm³/mol. The van der Waals surface area contributed by atoms with Crippen molar-refractivity contribution in [3.63, 3.8) is 0 Å². The lowest BCUT2D eigenvalue weighted by molar-refractivity contribution is 0.0993. The fraction of sp³-hybridized carbons (Fsp3) is 0.750. The first-order chi connectivity index (χ1) is 5.79. The Bertz CT molecular complexity index is 210. The minimum Gasteiger partial charge on any atom is -0.391 e. The van der Waals surface area contributed by atoms with Crippen molar-refractivity contribution >= 4 is 0 Å². The van der Waals surface area contributed by atoms with E-state index in [1.807, 2.05) is 13.8 Å². The first-order valence-corrected chi connectivity index (χ1v) is 4.31. The largest absolute Gasteiger partial charge is 0.391 e. The van der Waals surface area contributed by atoms with Crippen molar-refractivity contribution in [2.75, 3.05) is 0 Å². The van der Waals surface area contributed by atoms with Crippen molar-refractivity contribution in [2.45, 2.75) is 38.8 Å². The molecule has 0 aliphatic heterocycles. The molecule has 4 nitrogen and oxygen atoms in total. The maximum absolute atomic E-state index is 9.60. The van der Waals surface area contributed by atoms with Crippen LogP contribution in [0.1, 0.15) is 32.7 Å². The summed E-state index contributed by atoms with van der Waals surface area (Å²) in [5, 5.41) is 13.6. The third kappa shape index (κ3) is 1.82. The molecule has 0 aromatic carbocycles. The Morgan fingerprint density at radius 1 is 1.42 bits per heavy atom. The number of aromatic nitrogens is 3. The third-order valence-corrected chi connectivity index (χ3v) is 2.06. The SMILES string of the molecule is CCC(O)C(CC)n1cncn1. The zero-order valence-corrected chi connectivity index (χ0v) is 7.51. The zero-order chi connectivity index (χ0) is 8.97. The van der Waals surface area contributed by atoms with Gasteiger partial charge in [-0.1, -0.05) is 13.8 Å². The minimum atomic E-state index is -0.323. The molecule has 0 radical (unpaired) electrons. The van der Waals surface area contributed by atoms with E-state index in [0.717, 1.165) is 12.8 Å². The van der Waals surface area contributed by atoms with Crippen LogP contribution in [0.15, 0.2) is 12.7 Å². The van der Waals surface area contributed by atoms with Crippen LogP contribution in [-0.4, -0.2) is 26.0 Å². The van der Waals surface area contributed by atoms with Crippen LogP contribution < -0.4 is 0 Å². The molecule has 1 rings (SSSR count). The second-order valence-corrected chi connectivity index (χ2v) is 2.83. The molecule has 1 heterocycles. The molecule has 0 saturated carbocycles. The Balaban J connectivity index is 2.69. The van der Waals surface area contributed by atoms with Gasteiger partial charge in [0.05, 0.1) is 12.1 Å². The van der Waals surface area contributed by atoms with Crippen molar-refractivity contribution < 1.29 is 5.11 Å². The molecule has 1 aromatic heterocycles. The van der Waals surface area contributed by atoms with Gasteiger partial charge in [-0.15, -0.1) is 0 Å². The summed E-state index contributed by atoms with van der Waals surface area (Å²) in [6.45, 7) is 4.00. The van der Waals surface area contributed by atoms with Gasteiger partial charge in [0, 0.05) is 0 Å². The van der Waals surface area contributed by atoms with Crippen LogP contribution in [0, 0.1) is 0 Å². The Morgan fingerprint density at radius 3 is 2.58 bits per heavy atom. The summed E-state index contributed by atoms with van der Waals surface area (Å²) in [6, 6.07) is 0.0671. The predicted octanol–water partition coefficient (Wildman–Crippen LogP) is 1.00. The van der Waals surface area contributed by atoms with E-state index in [1.165, 1.54) is 6.33 Å². The van der Waals surface area contributed by atoms with Gasteiger partial charge in [-0.2, -0.15) is 5.10 Å². The number of aliphatic hydroxyl groups is 1. The molecule has 0 bridgehead atoms. The standard InChI is InChI=1S/C8H15N3O/c1-3-7(8(12)4-2)11-6-9-5-10-11/h5-8,12H,3-4H2,1-2H3. The van der Waals surface area contributed by atoms with E-state index in [9.17, 15) is 5.11 Å². The average Bonchev–Trinajstić information content (AvgIpc) is 2.58. The Kier molecular flexibility index (Phi) is 3.22. The lowest BCUT2D eigenvalue weighted by atomic mass is 10.1. The molecule has 2 unspecified atom stereocenters. The number of aliphatic hydroxyl groups excluding tert-OH is 1. The quantitative estimate of drug-likeness (QED) is 0.731. The highest BCUT2D eigenvalue weighted by atomic mass is 16.3. The highest BCUT2D eigenvalue weighted by Crippen LogP contribution is 2.16. The topological polar surface area (TPSA) is 50.9 Å². The van der Waals surface area contributed by atoms with E-state index in [0.29, 0.717) is 0 Å². The molecular weight excluding hydrogens is 154 g/mol. The molecule has 1 N–H and O–H groups in total. The van der Waals surface area contributed by atoms with Crippen molar-refractivity contribution in [1.82, 2.24) is 14.8 Å². The van der Waals surface area contributed by atoms with E-state index in [1.54, 1.807) is 11.0 Å². The van der Waals surface area contributed by atoms with E-state index >= 15 is 0 Å². The lowest BCUT2D eigenvalue weighted by Crippen LogP contribution is -2.23. The fourth-order valence-electron chi connectivity index (χ4n) is 1.30. The molecule has 0 fully saturated rings. The summed E-state index contributed by atoms with van der Waals surface area (Å²) >= 11 is 0. The van der Waals surface area contributed by atoms with Gasteiger partial charge in [0.25, 0.3) is 0 Å². The molecule has 0 spiro atoms. The van der Waals surface area contributed by atoms with Gasteiger partial charge >= 0.3 is 0 Å². The second-order valence-electron chi connectivity index (χ2n) is 2.83. The van der Waals surface area contributed by atoms with E-state index in [4.69, 9.17) is 0 Å². The van der Waals surface area contributed by atoms with Crippen LogP contribution in [0.5, 0.6) is 0 Å². The highest BCUT2D eigenvalue weighted by Gasteiger charge is 2.17. The van der Waals surface area contributed by atoms with Crippen LogP contribution in [0.25, 0.3) is 0 Å². The molecule has 0 aliphatic rings. The summed E-state index contributed by atoms with van der Waals surface area (Å²) in [6.07, 6.45) is 4.44. The smallest absolute Gasteiger partial charge is 0.137 e. The number of rotatable bonds is 4. The summed E-state index contributed by atoms with van der Waals surface area (Å²) < 4.78 is 1.72. The van der Waals surface area contributed by atoms with Crippen molar-refractivity contribution in [3.8, 4) is 0 Å². The first kappa shape index (κ1) is 9.19. The molecule has 0 aliphatic carbocycles. The van der Waals surface area contributed by atoms with Crippen LogP contribution in [-0.2, 0) is 0 Å². The van der Waals surface area contributed by atoms with Crippen LogP contribution in [0.3, 0.4) is 0 Å². The van der Waals surface area contributed by atoms with Crippen LogP contribution in [0.2, 0.25) is 0 Å². The summed E-state index contributed by atoms with van der Waals surface area (Å²) in [7, 11) is 0. The van der Waals surface area contributed by atoms with Gasteiger partial charge in [-0.25, -0.2) is 9.67 Å². The zero-order valence-electron chi connectivity index (χ0n) is 7.51. The van der Waals surface area contributed by atoms with Crippen molar-refractivity contribution in [1.29, 1.82) is 0 Å². The van der Waals surface area contributed by atoms with E-state index < -0.39 is 0 Å². The normalized spacial score (nSPS) is 15.9. The van der Waals surface area contributed by atoms with Gasteiger partial charge < -0.3 is 5.11 Å². The Morgan fingerprint density at radius 2 is 2.17 bits per heavy atom. The van der Waals surface area contributed by atoms with Crippen molar-refractivity contribution in [3.05, 3.63) is 12.7 Å². The molecule has 4 heteroatoms. The van der Waals surface area contributed by atoms with Gasteiger partial charge in [-0.05, 0) is 12.8 Å². The van der Waals surface area contributed by atoms with Crippen LogP contribution in [0.4, 0.5) is 0 Å². The molecule has 0 amide bonds. The molecule has 0 saturated heterocycles. The lowest BCUT2D eigenvalue weighted by Gasteiger charge is -2.19. The maximum Gasteiger partial charge on any atom is 0.137 e. The summed E-state index contributed by atoms with van der Waals surface area (Å²) in [5.74, 6) is 0. The Hall–Kier alpha value is -0.900. The van der Waals surface area contributed by atoms with E-state index in [2.05, 4.69) is 10.1 Å². The monoisotopic (exact) mass is 169 g/mol.